The van der Waals surface area contributed by atoms with Crippen LogP contribution in [-0.4, -0.2) is 56.2 Å². The van der Waals surface area contributed by atoms with Crippen LogP contribution in [0.25, 0.3) is 27.8 Å². The first-order valence-electron chi connectivity index (χ1n) is 11.9. The van der Waals surface area contributed by atoms with E-state index >= 15 is 0 Å². The largest absolute Gasteiger partial charge is 0.400 e. The van der Waals surface area contributed by atoms with Gasteiger partial charge in [0.1, 0.15) is 6.33 Å². The molecule has 3 aromatic heterocycles. The van der Waals surface area contributed by atoms with Crippen molar-refractivity contribution in [1.82, 2.24) is 29.5 Å². The number of hydrogen-bond donors (Lipinski definition) is 3. The topological polar surface area (TPSA) is 104 Å². The van der Waals surface area contributed by atoms with Gasteiger partial charge in [0, 0.05) is 48.2 Å². The van der Waals surface area contributed by atoms with Crippen molar-refractivity contribution in [3.63, 3.8) is 0 Å². The van der Waals surface area contributed by atoms with Crippen LogP contribution in [0.3, 0.4) is 0 Å². The number of aromatic amines is 1. The number of aryl methyl sites for hydroxylation is 2. The summed E-state index contributed by atoms with van der Waals surface area (Å²) >= 11 is 0. The molecular weight excluding hydrogens is 424 g/mol. The summed E-state index contributed by atoms with van der Waals surface area (Å²) in [5.74, 6) is 6.24. The smallest absolute Gasteiger partial charge is 0.158 e. The predicted molar refractivity (Wildman–Crippen MR) is 137 cm³/mol. The lowest BCUT2D eigenvalue weighted by atomic mass is 9.88. The van der Waals surface area contributed by atoms with Gasteiger partial charge in [0.2, 0.25) is 0 Å². The van der Waals surface area contributed by atoms with E-state index in [1.54, 1.807) is 19.6 Å². The SMILES string of the molecule is Cc1c(-c2[nH]c3ccc(C4CCN(C/C(N)=C/N(C)N)CC4)cc3c2C)cn2ncnc2c1C. The molecule has 178 valence electrons. The summed E-state index contributed by atoms with van der Waals surface area (Å²) in [7, 11) is 1.79. The van der Waals surface area contributed by atoms with Gasteiger partial charge < -0.3 is 15.7 Å². The minimum absolute atomic E-state index is 0.566. The first-order chi connectivity index (χ1) is 16.3. The molecule has 5 rings (SSSR count). The van der Waals surface area contributed by atoms with E-state index in [1.165, 1.54) is 38.2 Å². The molecule has 0 aliphatic carbocycles. The van der Waals surface area contributed by atoms with Crippen LogP contribution in [0.5, 0.6) is 0 Å². The van der Waals surface area contributed by atoms with Gasteiger partial charge in [-0.15, -0.1) is 0 Å². The summed E-state index contributed by atoms with van der Waals surface area (Å²) < 4.78 is 1.87. The third-order valence-electron chi connectivity index (χ3n) is 7.31. The molecule has 0 amide bonds. The van der Waals surface area contributed by atoms with Crippen molar-refractivity contribution in [2.75, 3.05) is 26.7 Å². The fourth-order valence-corrected chi connectivity index (χ4v) is 5.31. The van der Waals surface area contributed by atoms with E-state index < -0.39 is 0 Å². The fourth-order valence-electron chi connectivity index (χ4n) is 5.31. The molecule has 1 aliphatic heterocycles. The Labute approximate surface area is 200 Å². The predicted octanol–water partition coefficient (Wildman–Crippen LogP) is 3.59. The van der Waals surface area contributed by atoms with E-state index in [1.807, 2.05) is 4.52 Å². The molecule has 34 heavy (non-hydrogen) atoms. The summed E-state index contributed by atoms with van der Waals surface area (Å²) in [4.78, 5) is 10.5. The van der Waals surface area contributed by atoms with Crippen LogP contribution in [0.4, 0.5) is 0 Å². The average molecular weight is 459 g/mol. The van der Waals surface area contributed by atoms with Gasteiger partial charge in [-0.3, -0.25) is 4.90 Å². The Morgan fingerprint density at radius 1 is 1.18 bits per heavy atom. The summed E-state index contributed by atoms with van der Waals surface area (Å²) in [6.07, 6.45) is 7.75. The lowest BCUT2D eigenvalue weighted by molar-refractivity contribution is 0.226. The Hall–Kier alpha value is -3.36. The second kappa shape index (κ2) is 8.77. The van der Waals surface area contributed by atoms with Gasteiger partial charge in [-0.25, -0.2) is 15.3 Å². The molecule has 8 nitrogen and oxygen atoms in total. The third kappa shape index (κ3) is 4.03. The number of nitrogens with one attached hydrogen (secondary N) is 1. The Morgan fingerprint density at radius 3 is 2.68 bits per heavy atom. The highest BCUT2D eigenvalue weighted by molar-refractivity contribution is 5.91. The molecule has 0 spiro atoms. The van der Waals surface area contributed by atoms with Crippen LogP contribution in [0.2, 0.25) is 0 Å². The lowest BCUT2D eigenvalue weighted by Gasteiger charge is -2.32. The molecule has 4 heterocycles. The quantitative estimate of drug-likeness (QED) is 0.312. The van der Waals surface area contributed by atoms with Gasteiger partial charge in [0.15, 0.2) is 5.65 Å². The minimum atomic E-state index is 0.566. The molecule has 1 fully saturated rings. The highest BCUT2D eigenvalue weighted by Gasteiger charge is 2.22. The number of likely N-dealkylation sites (tertiary alicyclic amines) is 1. The van der Waals surface area contributed by atoms with Gasteiger partial charge in [-0.2, -0.15) is 5.10 Å². The summed E-state index contributed by atoms with van der Waals surface area (Å²) in [6, 6.07) is 6.92. The maximum atomic E-state index is 6.11. The standard InChI is InChI=1S/C26H34N8/c1-16-17(2)26-29-15-30-34(26)14-23(16)25-18(3)22-11-20(5-6-24(22)31-25)19-7-9-33(10-8-19)13-21(27)12-32(4)28/h5-6,11-12,14-15,19,31H,7-10,13,27-28H2,1-4H3/b21-12-. The maximum absolute atomic E-state index is 6.11. The zero-order valence-electron chi connectivity index (χ0n) is 20.5. The fraction of sp³-hybridized carbons (Fsp3) is 0.385. The number of hydrogen-bond acceptors (Lipinski definition) is 6. The van der Waals surface area contributed by atoms with Gasteiger partial charge >= 0.3 is 0 Å². The number of rotatable bonds is 5. The molecule has 0 saturated carbocycles. The number of piperidine rings is 1. The highest BCUT2D eigenvalue weighted by Crippen LogP contribution is 2.36. The van der Waals surface area contributed by atoms with Gasteiger partial charge in [0.25, 0.3) is 0 Å². The van der Waals surface area contributed by atoms with E-state index in [4.69, 9.17) is 11.6 Å². The van der Waals surface area contributed by atoms with Gasteiger partial charge in [-0.05, 0) is 87.0 Å². The van der Waals surface area contributed by atoms with Crippen molar-refractivity contribution >= 4 is 16.6 Å². The van der Waals surface area contributed by atoms with Crippen molar-refractivity contribution in [2.24, 2.45) is 11.6 Å². The number of hydrazine groups is 1. The molecule has 0 bridgehead atoms. The molecule has 0 unspecified atom stereocenters. The minimum Gasteiger partial charge on any atom is -0.400 e. The zero-order valence-corrected chi connectivity index (χ0v) is 20.5. The zero-order chi connectivity index (χ0) is 24.0. The van der Waals surface area contributed by atoms with Crippen molar-refractivity contribution in [2.45, 2.75) is 39.5 Å². The molecule has 1 aromatic carbocycles. The average Bonchev–Trinajstić information content (AvgIpc) is 3.40. The maximum Gasteiger partial charge on any atom is 0.158 e. The van der Waals surface area contributed by atoms with Crippen molar-refractivity contribution < 1.29 is 0 Å². The molecule has 5 N–H and O–H groups in total. The molecule has 1 aliphatic rings. The van der Waals surface area contributed by atoms with Crippen molar-refractivity contribution in [3.05, 3.63) is 64.9 Å². The van der Waals surface area contributed by atoms with Crippen LogP contribution in [0.15, 0.2) is 42.6 Å². The van der Waals surface area contributed by atoms with E-state index in [2.05, 4.69) is 65.1 Å². The Bertz CT molecular complexity index is 1370. The number of H-pyrrole nitrogens is 1. The lowest BCUT2D eigenvalue weighted by Crippen LogP contribution is -2.36. The third-order valence-corrected chi connectivity index (χ3v) is 7.31. The van der Waals surface area contributed by atoms with Crippen LogP contribution < -0.4 is 11.6 Å². The van der Waals surface area contributed by atoms with Crippen molar-refractivity contribution in [3.8, 4) is 11.3 Å². The molecule has 1 saturated heterocycles. The molecule has 0 radical (unpaired) electrons. The molecule has 8 heteroatoms. The van der Waals surface area contributed by atoms with Crippen LogP contribution in [0.1, 0.15) is 41.0 Å². The second-order valence-electron chi connectivity index (χ2n) is 9.67. The van der Waals surface area contributed by atoms with Crippen LogP contribution in [-0.2, 0) is 0 Å². The highest BCUT2D eigenvalue weighted by atomic mass is 15.4. The first-order valence-corrected chi connectivity index (χ1v) is 11.9. The summed E-state index contributed by atoms with van der Waals surface area (Å²) in [5.41, 5.74) is 16.4. The number of nitrogens with two attached hydrogens (primary N) is 2. The Kier molecular flexibility index (Phi) is 5.79. The second-order valence-corrected chi connectivity index (χ2v) is 9.67. The van der Waals surface area contributed by atoms with Crippen LogP contribution >= 0.6 is 0 Å². The van der Waals surface area contributed by atoms with E-state index in [0.29, 0.717) is 5.92 Å². The van der Waals surface area contributed by atoms with E-state index in [0.717, 1.165) is 55.1 Å². The number of fused-ring (bicyclic) bond motifs is 2. The van der Waals surface area contributed by atoms with Gasteiger partial charge in [-0.1, -0.05) is 6.07 Å². The number of aromatic nitrogens is 4. The number of pyridine rings is 1. The Morgan fingerprint density at radius 2 is 1.94 bits per heavy atom. The summed E-state index contributed by atoms with van der Waals surface area (Å²) in [5, 5.41) is 7.18. The Balaban J connectivity index is 1.40. The molecule has 0 atom stereocenters. The van der Waals surface area contributed by atoms with Crippen molar-refractivity contribution in [1.29, 1.82) is 0 Å². The monoisotopic (exact) mass is 458 g/mol. The van der Waals surface area contributed by atoms with Gasteiger partial charge in [0.05, 0.1) is 5.69 Å². The van der Waals surface area contributed by atoms with Crippen LogP contribution in [0, 0.1) is 20.8 Å². The number of nitrogens with zero attached hydrogens (tertiary/aromatic N) is 5. The van der Waals surface area contributed by atoms with E-state index in [9.17, 15) is 0 Å². The summed E-state index contributed by atoms with van der Waals surface area (Å²) in [6.45, 7) is 9.34. The number of benzene rings is 1. The van der Waals surface area contributed by atoms with E-state index in [-0.39, 0.29) is 0 Å². The normalized spacial score (nSPS) is 16.1. The first kappa shape index (κ1) is 22.4. The molecule has 4 aromatic rings. The molecular formula is C26H34N8.